The number of amides is 1. The molecule has 1 rings (SSSR count). The van der Waals surface area contributed by atoms with E-state index in [1.54, 1.807) is 18.5 Å². The van der Waals surface area contributed by atoms with Crippen LogP contribution in [0, 0.1) is 5.92 Å². The second kappa shape index (κ2) is 4.67. The van der Waals surface area contributed by atoms with Crippen LogP contribution in [0.5, 0.6) is 0 Å². The Bertz CT molecular complexity index is 256. The monoisotopic (exact) mass is 181 g/mol. The average molecular weight is 181 g/mol. The number of aromatic amines is 1. The Morgan fingerprint density at radius 3 is 3.08 bits per heavy atom. The topological polar surface area (TPSA) is 70.9 Å². The van der Waals surface area contributed by atoms with Crippen LogP contribution in [0.4, 0.5) is 0 Å². The molecule has 1 aromatic rings. The molecule has 0 aliphatic rings. The summed E-state index contributed by atoms with van der Waals surface area (Å²) in [6.07, 6.45) is 3.39. The standard InChI is InChI=1S/C9H15N3O/c1-7(4-10)5-12-9(13)8-2-3-11-6-8/h2-3,6-7,11H,4-5,10H2,1H3,(H,12,13). The first-order valence-electron chi connectivity index (χ1n) is 4.35. The van der Waals surface area contributed by atoms with Crippen molar-refractivity contribution >= 4 is 5.91 Å². The van der Waals surface area contributed by atoms with Crippen molar-refractivity contribution in [2.45, 2.75) is 6.92 Å². The summed E-state index contributed by atoms with van der Waals surface area (Å²) in [6.45, 7) is 3.21. The van der Waals surface area contributed by atoms with Crippen LogP contribution >= 0.6 is 0 Å². The number of rotatable bonds is 4. The summed E-state index contributed by atoms with van der Waals surface area (Å²) in [5.74, 6) is 0.268. The Kier molecular flexibility index (Phi) is 3.52. The molecule has 4 nitrogen and oxygen atoms in total. The SMILES string of the molecule is CC(CN)CNC(=O)c1cc[nH]c1. The Balaban J connectivity index is 2.35. The smallest absolute Gasteiger partial charge is 0.252 e. The van der Waals surface area contributed by atoms with E-state index < -0.39 is 0 Å². The normalized spacial score (nSPS) is 12.5. The zero-order chi connectivity index (χ0) is 9.68. The quantitative estimate of drug-likeness (QED) is 0.626. The van der Waals surface area contributed by atoms with Gasteiger partial charge in [0.2, 0.25) is 0 Å². The number of carbonyl (C=O) groups excluding carboxylic acids is 1. The third kappa shape index (κ3) is 2.91. The molecular formula is C9H15N3O. The predicted octanol–water partition coefficient (Wildman–Crippen LogP) is 0.339. The van der Waals surface area contributed by atoms with Gasteiger partial charge in [0.25, 0.3) is 5.91 Å². The van der Waals surface area contributed by atoms with Gasteiger partial charge in [-0.15, -0.1) is 0 Å². The number of H-pyrrole nitrogens is 1. The van der Waals surface area contributed by atoms with Gasteiger partial charge in [-0.2, -0.15) is 0 Å². The van der Waals surface area contributed by atoms with Crippen molar-refractivity contribution in [2.75, 3.05) is 13.1 Å². The van der Waals surface area contributed by atoms with Crippen LogP contribution in [-0.2, 0) is 0 Å². The summed E-state index contributed by atoms with van der Waals surface area (Å²) >= 11 is 0. The molecule has 1 heterocycles. The molecule has 0 bridgehead atoms. The van der Waals surface area contributed by atoms with Crippen LogP contribution in [0.2, 0.25) is 0 Å². The highest BCUT2D eigenvalue weighted by atomic mass is 16.1. The summed E-state index contributed by atoms with van der Waals surface area (Å²) in [4.78, 5) is 14.2. The maximum absolute atomic E-state index is 11.4. The minimum Gasteiger partial charge on any atom is -0.367 e. The molecule has 4 heteroatoms. The van der Waals surface area contributed by atoms with Gasteiger partial charge in [-0.25, -0.2) is 0 Å². The first kappa shape index (κ1) is 9.80. The third-order valence-corrected chi connectivity index (χ3v) is 1.87. The predicted molar refractivity (Wildman–Crippen MR) is 51.3 cm³/mol. The summed E-state index contributed by atoms with van der Waals surface area (Å²) in [7, 11) is 0. The number of carbonyl (C=O) groups is 1. The Morgan fingerprint density at radius 2 is 2.54 bits per heavy atom. The van der Waals surface area contributed by atoms with E-state index >= 15 is 0 Å². The molecule has 0 spiro atoms. The van der Waals surface area contributed by atoms with Crippen molar-refractivity contribution in [1.82, 2.24) is 10.3 Å². The highest BCUT2D eigenvalue weighted by Gasteiger charge is 2.06. The fourth-order valence-corrected chi connectivity index (χ4v) is 0.917. The molecule has 0 saturated heterocycles. The number of hydrogen-bond acceptors (Lipinski definition) is 2. The van der Waals surface area contributed by atoms with Gasteiger partial charge in [0, 0.05) is 18.9 Å². The van der Waals surface area contributed by atoms with Crippen LogP contribution < -0.4 is 11.1 Å². The van der Waals surface area contributed by atoms with Crippen molar-refractivity contribution in [1.29, 1.82) is 0 Å². The largest absolute Gasteiger partial charge is 0.367 e. The maximum Gasteiger partial charge on any atom is 0.252 e. The molecular weight excluding hydrogens is 166 g/mol. The number of hydrogen-bond donors (Lipinski definition) is 3. The van der Waals surface area contributed by atoms with Crippen molar-refractivity contribution in [3.8, 4) is 0 Å². The van der Waals surface area contributed by atoms with Crippen LogP contribution in [0.25, 0.3) is 0 Å². The lowest BCUT2D eigenvalue weighted by molar-refractivity contribution is 0.0949. The lowest BCUT2D eigenvalue weighted by Crippen LogP contribution is -2.30. The van der Waals surface area contributed by atoms with Gasteiger partial charge in [0.15, 0.2) is 0 Å². The molecule has 0 radical (unpaired) electrons. The fourth-order valence-electron chi connectivity index (χ4n) is 0.917. The zero-order valence-corrected chi connectivity index (χ0v) is 7.71. The van der Waals surface area contributed by atoms with Crippen molar-refractivity contribution in [3.05, 3.63) is 24.0 Å². The molecule has 1 amide bonds. The molecule has 1 aromatic heterocycles. The summed E-state index contributed by atoms with van der Waals surface area (Å²) in [6, 6.07) is 1.74. The van der Waals surface area contributed by atoms with Crippen LogP contribution in [0.15, 0.2) is 18.5 Å². The van der Waals surface area contributed by atoms with Crippen LogP contribution in [0.1, 0.15) is 17.3 Å². The Hall–Kier alpha value is -1.29. The van der Waals surface area contributed by atoms with Crippen molar-refractivity contribution in [3.63, 3.8) is 0 Å². The minimum atomic E-state index is -0.0541. The van der Waals surface area contributed by atoms with Gasteiger partial charge in [0.1, 0.15) is 0 Å². The summed E-state index contributed by atoms with van der Waals surface area (Å²) in [5, 5.41) is 2.80. The van der Waals surface area contributed by atoms with E-state index in [1.165, 1.54) is 0 Å². The minimum absolute atomic E-state index is 0.0541. The van der Waals surface area contributed by atoms with E-state index in [2.05, 4.69) is 10.3 Å². The molecule has 4 N–H and O–H groups in total. The summed E-state index contributed by atoms with van der Waals surface area (Å²) < 4.78 is 0. The van der Waals surface area contributed by atoms with Crippen molar-refractivity contribution in [2.24, 2.45) is 11.7 Å². The van der Waals surface area contributed by atoms with Gasteiger partial charge >= 0.3 is 0 Å². The molecule has 13 heavy (non-hydrogen) atoms. The highest BCUT2D eigenvalue weighted by Crippen LogP contribution is 1.96. The fraction of sp³-hybridized carbons (Fsp3) is 0.444. The molecule has 0 saturated carbocycles. The number of nitrogens with two attached hydrogens (primary N) is 1. The molecule has 1 atom stereocenters. The second-order valence-corrected chi connectivity index (χ2v) is 3.15. The molecule has 0 fully saturated rings. The first-order valence-corrected chi connectivity index (χ1v) is 4.35. The van der Waals surface area contributed by atoms with E-state index in [9.17, 15) is 4.79 Å². The van der Waals surface area contributed by atoms with Gasteiger partial charge < -0.3 is 16.0 Å². The Labute approximate surface area is 77.5 Å². The van der Waals surface area contributed by atoms with Gasteiger partial charge in [0.05, 0.1) is 5.56 Å². The zero-order valence-electron chi connectivity index (χ0n) is 7.71. The number of aromatic nitrogens is 1. The molecule has 0 aliphatic carbocycles. The number of nitrogens with one attached hydrogen (secondary N) is 2. The van der Waals surface area contributed by atoms with Gasteiger partial charge in [-0.3, -0.25) is 4.79 Å². The maximum atomic E-state index is 11.4. The lowest BCUT2D eigenvalue weighted by Gasteiger charge is -2.08. The highest BCUT2D eigenvalue weighted by molar-refractivity contribution is 5.93. The lowest BCUT2D eigenvalue weighted by atomic mass is 10.2. The van der Waals surface area contributed by atoms with E-state index in [0.717, 1.165) is 0 Å². The van der Waals surface area contributed by atoms with Crippen molar-refractivity contribution < 1.29 is 4.79 Å². The molecule has 1 unspecified atom stereocenters. The second-order valence-electron chi connectivity index (χ2n) is 3.15. The van der Waals surface area contributed by atoms with Crippen LogP contribution in [-0.4, -0.2) is 24.0 Å². The Morgan fingerprint density at radius 1 is 1.77 bits per heavy atom. The van der Waals surface area contributed by atoms with E-state index in [-0.39, 0.29) is 5.91 Å². The van der Waals surface area contributed by atoms with E-state index in [0.29, 0.717) is 24.6 Å². The summed E-state index contributed by atoms with van der Waals surface area (Å²) in [5.41, 5.74) is 6.08. The molecule has 0 aromatic carbocycles. The molecule has 0 aliphatic heterocycles. The first-order chi connectivity index (χ1) is 6.24. The van der Waals surface area contributed by atoms with Crippen LogP contribution in [0.3, 0.4) is 0 Å². The third-order valence-electron chi connectivity index (χ3n) is 1.87. The van der Waals surface area contributed by atoms with E-state index in [4.69, 9.17) is 5.73 Å². The van der Waals surface area contributed by atoms with Gasteiger partial charge in [-0.1, -0.05) is 6.92 Å². The van der Waals surface area contributed by atoms with E-state index in [1.807, 2.05) is 6.92 Å². The average Bonchev–Trinajstić information content (AvgIpc) is 2.66. The molecule has 72 valence electrons. The van der Waals surface area contributed by atoms with Gasteiger partial charge in [-0.05, 0) is 18.5 Å².